The summed E-state index contributed by atoms with van der Waals surface area (Å²) in [6.45, 7) is 11.5. The van der Waals surface area contributed by atoms with Gasteiger partial charge in [0.1, 0.15) is 0 Å². The van der Waals surface area contributed by atoms with E-state index in [9.17, 15) is 0 Å². The molecule has 0 aromatic rings. The van der Waals surface area contributed by atoms with Gasteiger partial charge < -0.3 is 10.2 Å². The SMILES string of the molecule is CCNC1CC(C)CC(C)C1N(C)CC. The molecule has 1 N–H and O–H groups in total. The van der Waals surface area contributed by atoms with E-state index in [-0.39, 0.29) is 0 Å². The lowest BCUT2D eigenvalue weighted by atomic mass is 9.76. The third-order valence-corrected chi connectivity index (χ3v) is 3.90. The van der Waals surface area contributed by atoms with Gasteiger partial charge in [0.2, 0.25) is 0 Å². The molecule has 0 aliphatic heterocycles. The molecule has 0 heterocycles. The third-order valence-electron chi connectivity index (χ3n) is 3.90. The molecule has 2 nitrogen and oxygen atoms in total. The maximum Gasteiger partial charge on any atom is 0.0271 e. The average molecular weight is 212 g/mol. The van der Waals surface area contributed by atoms with E-state index in [0.717, 1.165) is 31.0 Å². The highest BCUT2D eigenvalue weighted by molar-refractivity contribution is 4.92. The molecule has 90 valence electrons. The average Bonchev–Trinajstić information content (AvgIpc) is 2.16. The van der Waals surface area contributed by atoms with Crippen LogP contribution in [0, 0.1) is 11.8 Å². The van der Waals surface area contributed by atoms with E-state index in [4.69, 9.17) is 0 Å². The van der Waals surface area contributed by atoms with Gasteiger partial charge >= 0.3 is 0 Å². The minimum atomic E-state index is 0.693. The van der Waals surface area contributed by atoms with Crippen LogP contribution in [-0.2, 0) is 0 Å². The molecule has 0 aromatic carbocycles. The summed E-state index contributed by atoms with van der Waals surface area (Å²) in [7, 11) is 2.27. The van der Waals surface area contributed by atoms with Crippen molar-refractivity contribution >= 4 is 0 Å². The van der Waals surface area contributed by atoms with Crippen LogP contribution < -0.4 is 5.32 Å². The predicted molar refractivity (Wildman–Crippen MR) is 67.1 cm³/mol. The summed E-state index contributed by atoms with van der Waals surface area (Å²) >= 11 is 0. The van der Waals surface area contributed by atoms with E-state index in [2.05, 4.69) is 45.0 Å². The molecule has 15 heavy (non-hydrogen) atoms. The summed E-state index contributed by atoms with van der Waals surface area (Å²) in [5.41, 5.74) is 0. The highest BCUT2D eigenvalue weighted by Crippen LogP contribution is 2.31. The van der Waals surface area contributed by atoms with Gasteiger partial charge in [0.05, 0.1) is 0 Å². The first-order valence-corrected chi connectivity index (χ1v) is 6.53. The van der Waals surface area contributed by atoms with Crippen LogP contribution in [0.4, 0.5) is 0 Å². The largest absolute Gasteiger partial charge is 0.313 e. The van der Waals surface area contributed by atoms with Crippen molar-refractivity contribution in [3.8, 4) is 0 Å². The summed E-state index contributed by atoms with van der Waals surface area (Å²) in [6.07, 6.45) is 2.73. The highest BCUT2D eigenvalue weighted by atomic mass is 15.2. The minimum absolute atomic E-state index is 0.693. The first-order valence-electron chi connectivity index (χ1n) is 6.53. The number of hydrogen-bond donors (Lipinski definition) is 1. The summed E-state index contributed by atoms with van der Waals surface area (Å²) < 4.78 is 0. The molecule has 0 saturated heterocycles. The molecular weight excluding hydrogens is 184 g/mol. The van der Waals surface area contributed by atoms with Gasteiger partial charge in [0, 0.05) is 12.1 Å². The number of likely N-dealkylation sites (N-methyl/N-ethyl adjacent to an activating group) is 2. The molecule has 4 unspecified atom stereocenters. The normalized spacial score (nSPS) is 37.2. The second-order valence-corrected chi connectivity index (χ2v) is 5.28. The van der Waals surface area contributed by atoms with Gasteiger partial charge in [-0.15, -0.1) is 0 Å². The molecule has 0 radical (unpaired) electrons. The van der Waals surface area contributed by atoms with Gasteiger partial charge in [-0.25, -0.2) is 0 Å². The summed E-state index contributed by atoms with van der Waals surface area (Å²) in [5, 5.41) is 3.67. The van der Waals surface area contributed by atoms with Crippen LogP contribution in [0.1, 0.15) is 40.5 Å². The molecule has 4 atom stereocenters. The summed E-state index contributed by atoms with van der Waals surface area (Å²) in [6, 6.07) is 1.42. The quantitative estimate of drug-likeness (QED) is 0.769. The van der Waals surface area contributed by atoms with Crippen LogP contribution in [0.2, 0.25) is 0 Å². The van der Waals surface area contributed by atoms with E-state index in [1.807, 2.05) is 0 Å². The molecule has 0 amide bonds. The minimum Gasteiger partial charge on any atom is -0.313 e. The van der Waals surface area contributed by atoms with Crippen molar-refractivity contribution in [1.82, 2.24) is 10.2 Å². The summed E-state index contributed by atoms with van der Waals surface area (Å²) in [5.74, 6) is 1.70. The van der Waals surface area contributed by atoms with Crippen molar-refractivity contribution in [3.63, 3.8) is 0 Å². The second kappa shape index (κ2) is 5.86. The monoisotopic (exact) mass is 212 g/mol. The molecule has 1 aliphatic carbocycles. The van der Waals surface area contributed by atoms with E-state index in [1.165, 1.54) is 12.8 Å². The van der Waals surface area contributed by atoms with Crippen molar-refractivity contribution in [2.45, 2.75) is 52.6 Å². The van der Waals surface area contributed by atoms with E-state index < -0.39 is 0 Å². The molecule has 0 bridgehead atoms. The van der Waals surface area contributed by atoms with E-state index in [0.29, 0.717) is 6.04 Å². The first kappa shape index (κ1) is 13.0. The lowest BCUT2D eigenvalue weighted by Gasteiger charge is -2.44. The smallest absolute Gasteiger partial charge is 0.0271 e. The molecule has 1 saturated carbocycles. The van der Waals surface area contributed by atoms with E-state index in [1.54, 1.807) is 0 Å². The zero-order valence-corrected chi connectivity index (χ0v) is 11.1. The first-order chi connectivity index (χ1) is 7.10. The van der Waals surface area contributed by atoms with Crippen molar-refractivity contribution in [2.75, 3.05) is 20.1 Å². The van der Waals surface area contributed by atoms with Gasteiger partial charge in [0.25, 0.3) is 0 Å². The fourth-order valence-corrected chi connectivity index (χ4v) is 3.26. The molecule has 1 rings (SSSR count). The molecule has 1 fully saturated rings. The molecule has 0 spiro atoms. The van der Waals surface area contributed by atoms with E-state index >= 15 is 0 Å². The Bertz CT molecular complexity index is 181. The van der Waals surface area contributed by atoms with Gasteiger partial charge in [-0.05, 0) is 44.8 Å². The Balaban J connectivity index is 2.68. The maximum absolute atomic E-state index is 3.67. The third kappa shape index (κ3) is 3.18. The number of rotatable bonds is 4. The Morgan fingerprint density at radius 2 is 1.87 bits per heavy atom. The molecular formula is C13H28N2. The van der Waals surface area contributed by atoms with Crippen molar-refractivity contribution in [2.24, 2.45) is 11.8 Å². The fourth-order valence-electron chi connectivity index (χ4n) is 3.26. The van der Waals surface area contributed by atoms with Crippen LogP contribution in [0.25, 0.3) is 0 Å². The van der Waals surface area contributed by atoms with Crippen molar-refractivity contribution in [3.05, 3.63) is 0 Å². The Morgan fingerprint density at radius 1 is 1.20 bits per heavy atom. The lowest BCUT2D eigenvalue weighted by molar-refractivity contribution is 0.0849. The Kier molecular flexibility index (Phi) is 5.07. The Labute approximate surface area is 95.4 Å². The van der Waals surface area contributed by atoms with Gasteiger partial charge in [-0.2, -0.15) is 0 Å². The predicted octanol–water partition coefficient (Wildman–Crippen LogP) is 2.35. The van der Waals surface area contributed by atoms with Crippen molar-refractivity contribution in [1.29, 1.82) is 0 Å². The molecule has 2 heteroatoms. The van der Waals surface area contributed by atoms with Crippen molar-refractivity contribution < 1.29 is 0 Å². The fraction of sp³-hybridized carbons (Fsp3) is 1.00. The van der Waals surface area contributed by atoms with Crippen LogP contribution >= 0.6 is 0 Å². The van der Waals surface area contributed by atoms with Crippen LogP contribution in [0.5, 0.6) is 0 Å². The number of nitrogens with zero attached hydrogens (tertiary/aromatic N) is 1. The van der Waals surface area contributed by atoms with Gasteiger partial charge in [-0.3, -0.25) is 0 Å². The number of nitrogens with one attached hydrogen (secondary N) is 1. The Morgan fingerprint density at radius 3 is 2.40 bits per heavy atom. The number of hydrogen-bond acceptors (Lipinski definition) is 2. The topological polar surface area (TPSA) is 15.3 Å². The molecule has 1 aliphatic rings. The standard InChI is InChI=1S/C13H28N2/c1-6-14-12-9-10(3)8-11(4)13(12)15(5)7-2/h10-14H,6-9H2,1-5H3. The highest BCUT2D eigenvalue weighted by Gasteiger charge is 2.35. The maximum atomic E-state index is 3.67. The zero-order valence-electron chi connectivity index (χ0n) is 11.1. The van der Waals surface area contributed by atoms with Gasteiger partial charge in [-0.1, -0.05) is 27.7 Å². The van der Waals surface area contributed by atoms with Crippen LogP contribution in [-0.4, -0.2) is 37.1 Å². The van der Waals surface area contributed by atoms with Gasteiger partial charge in [0.15, 0.2) is 0 Å². The second-order valence-electron chi connectivity index (χ2n) is 5.28. The van der Waals surface area contributed by atoms with Crippen LogP contribution in [0.3, 0.4) is 0 Å². The lowest BCUT2D eigenvalue weighted by Crippen LogP contribution is -2.55. The Hall–Kier alpha value is -0.0800. The van der Waals surface area contributed by atoms with Crippen LogP contribution in [0.15, 0.2) is 0 Å². The molecule has 0 aromatic heterocycles. The summed E-state index contributed by atoms with van der Waals surface area (Å²) in [4.78, 5) is 2.52. The zero-order chi connectivity index (χ0) is 11.4.